The van der Waals surface area contributed by atoms with Crippen LogP contribution in [0.25, 0.3) is 0 Å². The number of nitrogens with zero attached hydrogens (tertiary/aromatic N) is 1. The molecule has 132 valence electrons. The van der Waals surface area contributed by atoms with E-state index in [-0.39, 0.29) is 5.91 Å². The average molecular weight is 450 g/mol. The van der Waals surface area contributed by atoms with Crippen LogP contribution in [0.15, 0.2) is 47.6 Å². The van der Waals surface area contributed by atoms with Crippen LogP contribution in [0, 0.1) is 10.5 Å². The largest absolute Gasteiger partial charge is 0.481 e. The Morgan fingerprint density at radius 3 is 2.64 bits per heavy atom. The second kappa shape index (κ2) is 8.99. The highest BCUT2D eigenvalue weighted by Gasteiger charge is 2.15. The van der Waals surface area contributed by atoms with E-state index in [1.54, 1.807) is 13.1 Å². The molecule has 0 radical (unpaired) electrons. The molecule has 1 unspecified atom stereocenters. The van der Waals surface area contributed by atoms with Gasteiger partial charge in [-0.25, -0.2) is 5.43 Å². The van der Waals surface area contributed by atoms with Crippen LogP contribution in [0.1, 0.15) is 43.4 Å². The third kappa shape index (κ3) is 5.85. The van der Waals surface area contributed by atoms with E-state index in [1.165, 1.54) is 5.56 Å². The summed E-state index contributed by atoms with van der Waals surface area (Å²) in [5.74, 6) is 0.858. The monoisotopic (exact) mass is 450 g/mol. The molecule has 0 heterocycles. The van der Waals surface area contributed by atoms with Crippen LogP contribution in [-0.4, -0.2) is 18.2 Å². The predicted octanol–water partition coefficient (Wildman–Crippen LogP) is 4.64. The maximum Gasteiger partial charge on any atom is 0.280 e. The van der Waals surface area contributed by atoms with E-state index in [0.29, 0.717) is 5.92 Å². The van der Waals surface area contributed by atoms with Gasteiger partial charge in [-0.1, -0.05) is 38.1 Å². The molecule has 0 saturated carbocycles. The molecule has 5 heteroatoms. The molecule has 25 heavy (non-hydrogen) atoms. The lowest BCUT2D eigenvalue weighted by Crippen LogP contribution is -2.33. The first kappa shape index (κ1) is 19.4. The van der Waals surface area contributed by atoms with Gasteiger partial charge >= 0.3 is 0 Å². The first-order valence-corrected chi connectivity index (χ1v) is 9.30. The van der Waals surface area contributed by atoms with Crippen molar-refractivity contribution in [2.24, 2.45) is 5.10 Å². The first-order valence-electron chi connectivity index (χ1n) is 8.22. The minimum Gasteiger partial charge on any atom is -0.481 e. The number of hydrazone groups is 1. The Kier molecular flexibility index (Phi) is 6.99. The predicted molar refractivity (Wildman–Crippen MR) is 110 cm³/mol. The minimum absolute atomic E-state index is 0.281. The molecule has 0 aliphatic rings. The van der Waals surface area contributed by atoms with Crippen LogP contribution in [0.4, 0.5) is 0 Å². The number of carbonyl (C=O) groups excluding carboxylic acids is 1. The molecular weight excluding hydrogens is 427 g/mol. The van der Waals surface area contributed by atoms with Crippen molar-refractivity contribution in [1.82, 2.24) is 5.43 Å². The van der Waals surface area contributed by atoms with Crippen molar-refractivity contribution >= 4 is 34.7 Å². The van der Waals surface area contributed by atoms with E-state index >= 15 is 0 Å². The normalized spacial score (nSPS) is 12.4. The third-order valence-electron chi connectivity index (χ3n) is 3.79. The molecule has 0 saturated heterocycles. The van der Waals surface area contributed by atoms with Crippen molar-refractivity contribution < 1.29 is 9.53 Å². The Bertz CT molecular complexity index is 772. The van der Waals surface area contributed by atoms with Gasteiger partial charge < -0.3 is 4.74 Å². The van der Waals surface area contributed by atoms with Gasteiger partial charge in [0.2, 0.25) is 0 Å². The van der Waals surface area contributed by atoms with E-state index in [9.17, 15) is 4.79 Å². The smallest absolute Gasteiger partial charge is 0.280 e. The van der Waals surface area contributed by atoms with Gasteiger partial charge in [0.05, 0.1) is 6.21 Å². The number of nitrogens with one attached hydrogen (secondary N) is 1. The number of hydrogen-bond donors (Lipinski definition) is 1. The quantitative estimate of drug-likeness (QED) is 0.396. The molecule has 1 amide bonds. The van der Waals surface area contributed by atoms with Gasteiger partial charge in [0.15, 0.2) is 6.10 Å². The Labute approximate surface area is 162 Å². The summed E-state index contributed by atoms with van der Waals surface area (Å²) in [4.78, 5) is 12.2. The van der Waals surface area contributed by atoms with Crippen molar-refractivity contribution in [2.75, 3.05) is 0 Å². The highest BCUT2D eigenvalue weighted by molar-refractivity contribution is 14.1. The van der Waals surface area contributed by atoms with Crippen LogP contribution in [-0.2, 0) is 4.79 Å². The number of hydrogen-bond acceptors (Lipinski definition) is 3. The topological polar surface area (TPSA) is 50.7 Å². The maximum absolute atomic E-state index is 12.2. The Hall–Kier alpha value is -1.89. The summed E-state index contributed by atoms with van der Waals surface area (Å²) in [5.41, 5.74) is 5.65. The van der Waals surface area contributed by atoms with Crippen LogP contribution in [0.3, 0.4) is 0 Å². The summed E-state index contributed by atoms with van der Waals surface area (Å²) >= 11 is 2.23. The Morgan fingerprint density at radius 2 is 1.96 bits per heavy atom. The number of halogens is 1. The summed E-state index contributed by atoms with van der Waals surface area (Å²) in [5, 5.41) is 4.01. The summed E-state index contributed by atoms with van der Waals surface area (Å²) < 4.78 is 6.95. The van der Waals surface area contributed by atoms with E-state index in [2.05, 4.69) is 53.0 Å². The van der Waals surface area contributed by atoms with Gasteiger partial charge in [-0.05, 0) is 77.2 Å². The van der Waals surface area contributed by atoms with Gasteiger partial charge in [-0.3, -0.25) is 4.79 Å². The summed E-state index contributed by atoms with van der Waals surface area (Å²) in [6.07, 6.45) is 0.992. The van der Waals surface area contributed by atoms with Crippen molar-refractivity contribution in [2.45, 2.75) is 39.7 Å². The highest BCUT2D eigenvalue weighted by Crippen LogP contribution is 2.25. The van der Waals surface area contributed by atoms with Crippen molar-refractivity contribution in [1.29, 1.82) is 0 Å². The standard InChI is InChI=1S/C20H23IN2O2/c1-13(2)17-9-8-14(3)19(11-17)25-15(4)20(24)23-22-12-16-6-5-7-18(21)10-16/h5-13,15H,1-4H3,(H,23,24)/b22-12+. The minimum atomic E-state index is -0.630. The molecule has 2 aromatic rings. The number of aryl methyl sites for hydroxylation is 1. The highest BCUT2D eigenvalue weighted by atomic mass is 127. The second-order valence-electron chi connectivity index (χ2n) is 6.23. The molecule has 0 aliphatic carbocycles. The molecule has 0 aromatic heterocycles. The van der Waals surface area contributed by atoms with Crippen molar-refractivity contribution in [3.8, 4) is 5.75 Å². The number of rotatable bonds is 6. The molecule has 0 bridgehead atoms. The molecule has 0 spiro atoms. The summed E-state index contributed by atoms with van der Waals surface area (Å²) in [6, 6.07) is 14.0. The number of ether oxygens (including phenoxy) is 1. The number of benzene rings is 2. The maximum atomic E-state index is 12.2. The fourth-order valence-electron chi connectivity index (χ4n) is 2.19. The Balaban J connectivity index is 1.97. The summed E-state index contributed by atoms with van der Waals surface area (Å²) in [7, 11) is 0. The van der Waals surface area contributed by atoms with E-state index in [0.717, 1.165) is 20.4 Å². The molecule has 1 N–H and O–H groups in total. The fourth-order valence-corrected chi connectivity index (χ4v) is 2.76. The second-order valence-corrected chi connectivity index (χ2v) is 7.47. The lowest BCUT2D eigenvalue weighted by molar-refractivity contribution is -0.127. The van der Waals surface area contributed by atoms with Crippen LogP contribution >= 0.6 is 22.6 Å². The van der Waals surface area contributed by atoms with Crippen LogP contribution in [0.5, 0.6) is 5.75 Å². The van der Waals surface area contributed by atoms with Crippen LogP contribution < -0.4 is 10.2 Å². The SMILES string of the molecule is Cc1ccc(C(C)C)cc1OC(C)C(=O)N/N=C/c1cccc(I)c1. The third-order valence-corrected chi connectivity index (χ3v) is 4.46. The molecule has 0 fully saturated rings. The van der Waals surface area contributed by atoms with E-state index < -0.39 is 6.10 Å². The fraction of sp³-hybridized carbons (Fsp3) is 0.300. The zero-order chi connectivity index (χ0) is 18.4. The van der Waals surface area contributed by atoms with Gasteiger partial charge in [0.1, 0.15) is 5.75 Å². The Morgan fingerprint density at radius 1 is 1.20 bits per heavy atom. The van der Waals surface area contributed by atoms with E-state index in [4.69, 9.17) is 4.74 Å². The summed E-state index contributed by atoms with van der Waals surface area (Å²) in [6.45, 7) is 7.95. The number of amides is 1. The van der Waals surface area contributed by atoms with Crippen molar-refractivity contribution in [3.05, 3.63) is 62.7 Å². The molecule has 2 rings (SSSR count). The van der Waals surface area contributed by atoms with Gasteiger partial charge in [0, 0.05) is 3.57 Å². The van der Waals surface area contributed by atoms with Gasteiger partial charge in [0.25, 0.3) is 5.91 Å². The van der Waals surface area contributed by atoms with Crippen LogP contribution in [0.2, 0.25) is 0 Å². The van der Waals surface area contributed by atoms with E-state index in [1.807, 2.05) is 43.3 Å². The molecule has 2 aromatic carbocycles. The zero-order valence-electron chi connectivity index (χ0n) is 14.9. The van der Waals surface area contributed by atoms with Gasteiger partial charge in [-0.2, -0.15) is 5.10 Å². The average Bonchev–Trinajstić information content (AvgIpc) is 2.56. The lowest BCUT2D eigenvalue weighted by Gasteiger charge is -2.16. The molecular formula is C20H23IN2O2. The molecule has 4 nitrogen and oxygen atoms in total. The molecule has 0 aliphatic heterocycles. The molecule has 1 atom stereocenters. The first-order chi connectivity index (χ1) is 11.9. The van der Waals surface area contributed by atoms with Crippen molar-refractivity contribution in [3.63, 3.8) is 0 Å². The van der Waals surface area contributed by atoms with Gasteiger partial charge in [-0.15, -0.1) is 0 Å². The lowest BCUT2D eigenvalue weighted by atomic mass is 10.0. The number of carbonyl (C=O) groups is 1. The zero-order valence-corrected chi connectivity index (χ0v) is 17.1.